The predicted molar refractivity (Wildman–Crippen MR) is 132 cm³/mol. The lowest BCUT2D eigenvalue weighted by molar-refractivity contribution is 0.0600. The van der Waals surface area contributed by atoms with E-state index in [1.807, 2.05) is 18.2 Å². The Morgan fingerprint density at radius 2 is 1.77 bits per heavy atom. The minimum Gasteiger partial charge on any atom is -0.465 e. The van der Waals surface area contributed by atoms with E-state index in [2.05, 4.69) is 10.2 Å². The molecular formula is C26H26ClN3O5. The van der Waals surface area contributed by atoms with Crippen LogP contribution in [0.5, 0.6) is 0 Å². The second-order valence-electron chi connectivity index (χ2n) is 8.11. The normalized spacial score (nSPS) is 13.4. The Hall–Kier alpha value is -3.78. The summed E-state index contributed by atoms with van der Waals surface area (Å²) in [5.74, 6) is -0.416. The van der Waals surface area contributed by atoms with Crippen LogP contribution < -0.4 is 10.2 Å². The first-order chi connectivity index (χ1) is 17.0. The van der Waals surface area contributed by atoms with Crippen LogP contribution >= 0.6 is 11.6 Å². The zero-order valence-electron chi connectivity index (χ0n) is 19.3. The molecule has 1 aliphatic heterocycles. The first kappa shape index (κ1) is 24.3. The summed E-state index contributed by atoms with van der Waals surface area (Å²) in [4.78, 5) is 41.0. The molecule has 8 nitrogen and oxygen atoms in total. The molecule has 0 unspecified atom stereocenters. The van der Waals surface area contributed by atoms with Crippen molar-refractivity contribution < 1.29 is 23.5 Å². The summed E-state index contributed by atoms with van der Waals surface area (Å²) < 4.78 is 9.93. The van der Waals surface area contributed by atoms with Crippen molar-refractivity contribution in [1.82, 2.24) is 10.2 Å². The third kappa shape index (κ3) is 5.84. The number of furan rings is 1. The van der Waals surface area contributed by atoms with Gasteiger partial charge in [0.15, 0.2) is 5.76 Å². The molecule has 0 saturated carbocycles. The number of piperazine rings is 1. The zero-order valence-corrected chi connectivity index (χ0v) is 20.1. The monoisotopic (exact) mass is 495 g/mol. The first-order valence-corrected chi connectivity index (χ1v) is 11.7. The number of carbonyl (C=O) groups is 3. The van der Waals surface area contributed by atoms with Crippen LogP contribution in [0.15, 0.2) is 65.3 Å². The Balaban J connectivity index is 1.36. The van der Waals surface area contributed by atoms with Gasteiger partial charge in [0.2, 0.25) is 0 Å². The van der Waals surface area contributed by atoms with Crippen molar-refractivity contribution in [3.63, 3.8) is 0 Å². The average molecular weight is 496 g/mol. The van der Waals surface area contributed by atoms with Gasteiger partial charge in [0.05, 0.1) is 24.5 Å². The number of esters is 1. The van der Waals surface area contributed by atoms with E-state index in [4.69, 9.17) is 20.8 Å². The average Bonchev–Trinajstić information content (AvgIpc) is 3.43. The van der Waals surface area contributed by atoms with Crippen LogP contribution in [0.1, 0.15) is 36.8 Å². The molecule has 0 atom stereocenters. The van der Waals surface area contributed by atoms with Gasteiger partial charge in [-0.2, -0.15) is 0 Å². The van der Waals surface area contributed by atoms with Gasteiger partial charge < -0.3 is 24.3 Å². The minimum atomic E-state index is -0.385. The lowest BCUT2D eigenvalue weighted by atomic mass is 10.1. The number of rotatable bonds is 7. The van der Waals surface area contributed by atoms with Crippen LogP contribution in [0, 0.1) is 0 Å². The van der Waals surface area contributed by atoms with Gasteiger partial charge in [-0.25, -0.2) is 4.79 Å². The van der Waals surface area contributed by atoms with Gasteiger partial charge in [-0.05, 0) is 54.4 Å². The third-order valence-corrected chi connectivity index (χ3v) is 6.15. The summed E-state index contributed by atoms with van der Waals surface area (Å²) in [5, 5.41) is 3.43. The standard InChI is InChI=1S/C26H26ClN3O5/c1-34-26(33)19-6-4-18(5-7-19)10-11-28-24(31)21-17-20(27)8-9-22(21)29-12-14-30(15-13-29)25(32)23-3-2-16-35-23/h2-9,16-17H,10-15H2,1H3,(H,28,31). The Kier molecular flexibility index (Phi) is 7.72. The van der Waals surface area contributed by atoms with Crippen molar-refractivity contribution >= 4 is 35.1 Å². The van der Waals surface area contributed by atoms with Crippen LogP contribution in [-0.2, 0) is 11.2 Å². The van der Waals surface area contributed by atoms with E-state index < -0.39 is 0 Å². The molecule has 1 aliphatic rings. The second kappa shape index (κ2) is 11.1. The lowest BCUT2D eigenvalue weighted by Gasteiger charge is -2.36. The fraction of sp³-hybridized carbons (Fsp3) is 0.269. The highest BCUT2D eigenvalue weighted by molar-refractivity contribution is 6.31. The topological polar surface area (TPSA) is 92.1 Å². The number of nitrogens with zero attached hydrogens (tertiary/aromatic N) is 2. The maximum absolute atomic E-state index is 13.0. The molecule has 182 valence electrons. The summed E-state index contributed by atoms with van der Waals surface area (Å²) in [5.41, 5.74) is 2.74. The van der Waals surface area contributed by atoms with Crippen LogP contribution in [0.3, 0.4) is 0 Å². The molecule has 0 aliphatic carbocycles. The SMILES string of the molecule is COC(=O)c1ccc(CCNC(=O)c2cc(Cl)ccc2N2CCN(C(=O)c3ccco3)CC2)cc1. The van der Waals surface area contributed by atoms with Crippen molar-refractivity contribution in [2.75, 3.05) is 44.7 Å². The highest BCUT2D eigenvalue weighted by Gasteiger charge is 2.26. The molecule has 1 saturated heterocycles. The van der Waals surface area contributed by atoms with E-state index in [1.54, 1.807) is 41.3 Å². The number of ether oxygens (including phenoxy) is 1. The summed E-state index contributed by atoms with van der Waals surface area (Å²) in [7, 11) is 1.34. The Bertz CT molecular complexity index is 1190. The van der Waals surface area contributed by atoms with Crippen molar-refractivity contribution in [2.24, 2.45) is 0 Å². The van der Waals surface area contributed by atoms with E-state index in [1.165, 1.54) is 13.4 Å². The van der Waals surface area contributed by atoms with E-state index in [-0.39, 0.29) is 17.8 Å². The predicted octanol–water partition coefficient (Wildman–Crippen LogP) is 3.65. The van der Waals surface area contributed by atoms with Gasteiger partial charge in [-0.3, -0.25) is 9.59 Å². The summed E-state index contributed by atoms with van der Waals surface area (Å²) in [6, 6.07) is 15.7. The molecule has 3 aromatic rings. The van der Waals surface area contributed by atoms with Crippen LogP contribution in [0.4, 0.5) is 5.69 Å². The van der Waals surface area contributed by atoms with Crippen molar-refractivity contribution in [2.45, 2.75) is 6.42 Å². The third-order valence-electron chi connectivity index (χ3n) is 5.92. The Labute approximate surface area is 208 Å². The van der Waals surface area contributed by atoms with E-state index in [9.17, 15) is 14.4 Å². The first-order valence-electron chi connectivity index (χ1n) is 11.3. The summed E-state index contributed by atoms with van der Waals surface area (Å²) in [6.07, 6.45) is 2.09. The number of nitrogens with one attached hydrogen (secondary N) is 1. The Morgan fingerprint density at radius 1 is 1.03 bits per heavy atom. The van der Waals surface area contributed by atoms with Gasteiger partial charge in [-0.15, -0.1) is 0 Å². The molecule has 0 bridgehead atoms. The number of anilines is 1. The maximum Gasteiger partial charge on any atom is 0.337 e. The minimum absolute atomic E-state index is 0.136. The van der Waals surface area contributed by atoms with Gasteiger partial charge in [0, 0.05) is 43.4 Å². The molecule has 1 N–H and O–H groups in total. The number of halogens is 1. The van der Waals surface area contributed by atoms with Crippen molar-refractivity contribution in [3.8, 4) is 0 Å². The fourth-order valence-electron chi connectivity index (χ4n) is 4.01. The molecule has 9 heteroatoms. The van der Waals surface area contributed by atoms with Gasteiger partial charge in [-0.1, -0.05) is 23.7 Å². The number of amides is 2. The molecule has 2 amide bonds. The number of methoxy groups -OCH3 is 1. The summed E-state index contributed by atoms with van der Waals surface area (Å²) in [6.45, 7) is 2.63. The molecule has 2 aromatic carbocycles. The van der Waals surface area contributed by atoms with Gasteiger partial charge in [0.1, 0.15) is 0 Å². The summed E-state index contributed by atoms with van der Waals surface area (Å²) >= 11 is 6.20. The van der Waals surface area contributed by atoms with Crippen LogP contribution in [0.2, 0.25) is 5.02 Å². The van der Waals surface area contributed by atoms with Gasteiger partial charge >= 0.3 is 5.97 Å². The van der Waals surface area contributed by atoms with Crippen LogP contribution in [0.25, 0.3) is 0 Å². The molecule has 35 heavy (non-hydrogen) atoms. The highest BCUT2D eigenvalue weighted by atomic mass is 35.5. The van der Waals surface area contributed by atoms with E-state index >= 15 is 0 Å². The molecule has 0 radical (unpaired) electrons. The van der Waals surface area contributed by atoms with Crippen LogP contribution in [-0.4, -0.2) is 62.5 Å². The lowest BCUT2D eigenvalue weighted by Crippen LogP contribution is -2.49. The number of carbonyl (C=O) groups excluding carboxylic acids is 3. The number of benzene rings is 2. The number of hydrogen-bond donors (Lipinski definition) is 1. The largest absolute Gasteiger partial charge is 0.465 e. The smallest absolute Gasteiger partial charge is 0.337 e. The van der Waals surface area contributed by atoms with Gasteiger partial charge in [0.25, 0.3) is 11.8 Å². The fourth-order valence-corrected chi connectivity index (χ4v) is 4.19. The van der Waals surface area contributed by atoms with Crippen molar-refractivity contribution in [1.29, 1.82) is 0 Å². The molecule has 0 spiro atoms. The van der Waals surface area contributed by atoms with E-state index in [0.717, 1.165) is 11.3 Å². The molecule has 1 aromatic heterocycles. The molecule has 4 rings (SSSR count). The number of hydrogen-bond acceptors (Lipinski definition) is 6. The molecule has 2 heterocycles. The van der Waals surface area contributed by atoms with Crippen molar-refractivity contribution in [3.05, 3.63) is 88.3 Å². The molecule has 1 fully saturated rings. The van der Waals surface area contributed by atoms with E-state index in [0.29, 0.717) is 61.1 Å². The Morgan fingerprint density at radius 3 is 2.43 bits per heavy atom. The molecular weight excluding hydrogens is 470 g/mol. The quantitative estimate of drug-likeness (QED) is 0.503. The second-order valence-corrected chi connectivity index (χ2v) is 8.55. The zero-order chi connectivity index (χ0) is 24.8. The maximum atomic E-state index is 13.0. The highest BCUT2D eigenvalue weighted by Crippen LogP contribution is 2.26.